The molecular formula is C14H26N2S. The maximum atomic E-state index is 6.12. The first-order chi connectivity index (χ1) is 8.40. The summed E-state index contributed by atoms with van der Waals surface area (Å²) in [5.74, 6) is 4.61. The Kier molecular flexibility index (Phi) is 3.98. The van der Waals surface area contributed by atoms with E-state index in [-0.39, 0.29) is 0 Å². The monoisotopic (exact) mass is 254 g/mol. The van der Waals surface area contributed by atoms with Gasteiger partial charge in [-0.1, -0.05) is 6.42 Å². The summed E-state index contributed by atoms with van der Waals surface area (Å²) in [6.45, 7) is 2.21. The third-order valence-electron chi connectivity index (χ3n) is 5.21. The van der Waals surface area contributed by atoms with E-state index in [1.165, 1.54) is 56.6 Å². The Morgan fingerprint density at radius 3 is 2.82 bits per heavy atom. The van der Waals surface area contributed by atoms with Gasteiger partial charge in [0.25, 0.3) is 0 Å². The summed E-state index contributed by atoms with van der Waals surface area (Å²) in [6.07, 6.45) is 8.69. The van der Waals surface area contributed by atoms with E-state index in [9.17, 15) is 0 Å². The van der Waals surface area contributed by atoms with E-state index in [1.54, 1.807) is 0 Å². The highest BCUT2D eigenvalue weighted by molar-refractivity contribution is 7.99. The molecule has 0 amide bonds. The second-order valence-corrected chi connectivity index (χ2v) is 7.21. The lowest BCUT2D eigenvalue weighted by Gasteiger charge is -2.44. The molecule has 0 aromatic rings. The van der Waals surface area contributed by atoms with Crippen molar-refractivity contribution < 1.29 is 0 Å². The van der Waals surface area contributed by atoms with Crippen molar-refractivity contribution in [2.75, 3.05) is 24.6 Å². The fraction of sp³-hybridized carbons (Fsp3) is 1.00. The van der Waals surface area contributed by atoms with Crippen LogP contribution in [-0.4, -0.2) is 41.6 Å². The van der Waals surface area contributed by atoms with Gasteiger partial charge in [-0.25, -0.2) is 0 Å². The fourth-order valence-electron chi connectivity index (χ4n) is 4.36. The van der Waals surface area contributed by atoms with Crippen molar-refractivity contribution >= 4 is 11.8 Å². The molecule has 0 aromatic heterocycles. The summed E-state index contributed by atoms with van der Waals surface area (Å²) in [5, 5.41) is 0. The van der Waals surface area contributed by atoms with Crippen LogP contribution < -0.4 is 5.73 Å². The summed E-state index contributed by atoms with van der Waals surface area (Å²) < 4.78 is 0. The Morgan fingerprint density at radius 2 is 2.06 bits per heavy atom. The number of likely N-dealkylation sites (tertiary alicyclic amines) is 1. The molecule has 98 valence electrons. The minimum atomic E-state index is 0.691. The molecule has 0 aromatic carbocycles. The quantitative estimate of drug-likeness (QED) is 0.838. The Bertz CT molecular complexity index is 253. The maximum Gasteiger partial charge on any atom is 0.0257 e. The first-order valence-electron chi connectivity index (χ1n) is 7.43. The number of hydrogen-bond acceptors (Lipinski definition) is 3. The number of thioether (sulfide) groups is 1. The van der Waals surface area contributed by atoms with Gasteiger partial charge in [0.2, 0.25) is 0 Å². The van der Waals surface area contributed by atoms with Gasteiger partial charge in [-0.3, -0.25) is 4.90 Å². The predicted octanol–water partition coefficient (Wildman–Crippen LogP) is 2.33. The van der Waals surface area contributed by atoms with E-state index >= 15 is 0 Å². The van der Waals surface area contributed by atoms with E-state index in [0.717, 1.165) is 24.4 Å². The average molecular weight is 254 g/mol. The highest BCUT2D eigenvalue weighted by Gasteiger charge is 2.40. The van der Waals surface area contributed by atoms with Crippen molar-refractivity contribution in [3.8, 4) is 0 Å². The Labute approximate surface area is 110 Å². The molecule has 0 spiro atoms. The van der Waals surface area contributed by atoms with E-state index in [0.29, 0.717) is 6.04 Å². The first-order valence-corrected chi connectivity index (χ1v) is 8.59. The average Bonchev–Trinajstić information content (AvgIpc) is 3.00. The van der Waals surface area contributed by atoms with E-state index < -0.39 is 0 Å². The zero-order valence-corrected chi connectivity index (χ0v) is 11.6. The third-order valence-corrected chi connectivity index (χ3v) is 6.40. The van der Waals surface area contributed by atoms with Crippen LogP contribution in [0.15, 0.2) is 0 Å². The van der Waals surface area contributed by atoms with Crippen molar-refractivity contribution in [3.63, 3.8) is 0 Å². The Balaban J connectivity index is 1.71. The van der Waals surface area contributed by atoms with Crippen LogP contribution in [0, 0.1) is 11.8 Å². The number of rotatable bonds is 3. The molecule has 2 aliphatic heterocycles. The minimum Gasteiger partial charge on any atom is -0.329 e. The molecule has 4 atom stereocenters. The van der Waals surface area contributed by atoms with Gasteiger partial charge in [-0.15, -0.1) is 0 Å². The number of fused-ring (bicyclic) bond motifs is 1. The summed E-state index contributed by atoms with van der Waals surface area (Å²) in [7, 11) is 0. The van der Waals surface area contributed by atoms with Crippen LogP contribution in [0.4, 0.5) is 0 Å². The van der Waals surface area contributed by atoms with Crippen LogP contribution in [-0.2, 0) is 0 Å². The molecule has 17 heavy (non-hydrogen) atoms. The SMILES string of the molecule is NCC(C1CCSC1)N1CCCC2CCCC21. The van der Waals surface area contributed by atoms with E-state index in [1.807, 2.05) is 0 Å². The summed E-state index contributed by atoms with van der Waals surface area (Å²) in [4.78, 5) is 2.83. The summed E-state index contributed by atoms with van der Waals surface area (Å²) in [5.41, 5.74) is 6.12. The fourth-order valence-corrected chi connectivity index (χ4v) is 5.69. The van der Waals surface area contributed by atoms with Crippen LogP contribution in [0.3, 0.4) is 0 Å². The van der Waals surface area contributed by atoms with Crippen molar-refractivity contribution in [2.45, 2.75) is 50.6 Å². The van der Waals surface area contributed by atoms with Gasteiger partial charge in [-0.2, -0.15) is 11.8 Å². The van der Waals surface area contributed by atoms with Crippen molar-refractivity contribution in [1.82, 2.24) is 4.90 Å². The number of hydrogen-bond donors (Lipinski definition) is 1. The highest BCUT2D eigenvalue weighted by atomic mass is 32.2. The number of nitrogens with two attached hydrogens (primary N) is 1. The molecule has 1 saturated carbocycles. The zero-order chi connectivity index (χ0) is 11.7. The largest absolute Gasteiger partial charge is 0.329 e. The molecule has 4 unspecified atom stereocenters. The molecule has 3 aliphatic rings. The molecule has 0 bridgehead atoms. The van der Waals surface area contributed by atoms with Gasteiger partial charge in [0, 0.05) is 18.6 Å². The van der Waals surface area contributed by atoms with Crippen molar-refractivity contribution in [3.05, 3.63) is 0 Å². The number of nitrogens with zero attached hydrogens (tertiary/aromatic N) is 1. The summed E-state index contributed by atoms with van der Waals surface area (Å²) >= 11 is 2.13. The predicted molar refractivity (Wildman–Crippen MR) is 75.3 cm³/mol. The van der Waals surface area contributed by atoms with Gasteiger partial charge in [0.15, 0.2) is 0 Å². The van der Waals surface area contributed by atoms with Crippen LogP contribution in [0.1, 0.15) is 38.5 Å². The van der Waals surface area contributed by atoms with Crippen LogP contribution in [0.5, 0.6) is 0 Å². The zero-order valence-electron chi connectivity index (χ0n) is 10.8. The Hall–Kier alpha value is 0.270. The standard InChI is InChI=1S/C14H26N2S/c15-9-14(12-6-8-17-10-12)16-7-2-4-11-3-1-5-13(11)16/h11-14H,1-10,15H2. The van der Waals surface area contributed by atoms with Gasteiger partial charge in [0.1, 0.15) is 0 Å². The van der Waals surface area contributed by atoms with Gasteiger partial charge in [-0.05, 0) is 62.0 Å². The molecule has 2 saturated heterocycles. The third kappa shape index (κ3) is 2.39. The lowest BCUT2D eigenvalue weighted by Crippen LogP contribution is -2.54. The van der Waals surface area contributed by atoms with Crippen LogP contribution >= 0.6 is 11.8 Å². The molecule has 3 rings (SSSR count). The molecule has 2 heterocycles. The second-order valence-electron chi connectivity index (χ2n) is 6.07. The Morgan fingerprint density at radius 1 is 1.18 bits per heavy atom. The number of piperidine rings is 1. The second kappa shape index (κ2) is 5.50. The molecule has 3 fully saturated rings. The topological polar surface area (TPSA) is 29.3 Å². The normalized spacial score (nSPS) is 40.4. The van der Waals surface area contributed by atoms with E-state index in [4.69, 9.17) is 5.73 Å². The molecule has 1 aliphatic carbocycles. The lowest BCUT2D eigenvalue weighted by molar-refractivity contribution is 0.0480. The molecule has 0 radical (unpaired) electrons. The summed E-state index contributed by atoms with van der Waals surface area (Å²) in [6, 6.07) is 1.58. The smallest absolute Gasteiger partial charge is 0.0257 e. The van der Waals surface area contributed by atoms with Gasteiger partial charge >= 0.3 is 0 Å². The van der Waals surface area contributed by atoms with Gasteiger partial charge < -0.3 is 5.73 Å². The van der Waals surface area contributed by atoms with Crippen molar-refractivity contribution in [1.29, 1.82) is 0 Å². The van der Waals surface area contributed by atoms with Crippen molar-refractivity contribution in [2.24, 2.45) is 17.6 Å². The lowest BCUT2D eigenvalue weighted by atomic mass is 9.87. The van der Waals surface area contributed by atoms with E-state index in [2.05, 4.69) is 16.7 Å². The minimum absolute atomic E-state index is 0.691. The van der Waals surface area contributed by atoms with Crippen LogP contribution in [0.2, 0.25) is 0 Å². The van der Waals surface area contributed by atoms with Gasteiger partial charge in [0.05, 0.1) is 0 Å². The molecule has 2 N–H and O–H groups in total. The first kappa shape index (κ1) is 12.3. The van der Waals surface area contributed by atoms with Crippen LogP contribution in [0.25, 0.3) is 0 Å². The molecule has 3 heteroatoms. The molecular weight excluding hydrogens is 228 g/mol. The maximum absolute atomic E-state index is 6.12. The highest BCUT2D eigenvalue weighted by Crippen LogP contribution is 2.40. The molecule has 2 nitrogen and oxygen atoms in total.